The number of benzene rings is 1. The van der Waals surface area contributed by atoms with Crippen LogP contribution >= 0.6 is 0 Å². The van der Waals surface area contributed by atoms with Crippen LogP contribution < -0.4 is 4.90 Å². The van der Waals surface area contributed by atoms with Crippen LogP contribution in [0.3, 0.4) is 0 Å². The van der Waals surface area contributed by atoms with Gasteiger partial charge >= 0.3 is 6.18 Å². The molecule has 0 saturated carbocycles. The molecule has 1 aliphatic rings. The molecule has 0 N–H and O–H groups in total. The van der Waals surface area contributed by atoms with Crippen LogP contribution in [0, 0.1) is 13.8 Å². The Bertz CT molecular complexity index is 1070. The highest BCUT2D eigenvalue weighted by atomic mass is 19.4. The lowest BCUT2D eigenvalue weighted by Crippen LogP contribution is -2.42. The summed E-state index contributed by atoms with van der Waals surface area (Å²) in [6.07, 6.45) is -2.76. The van der Waals surface area contributed by atoms with Crippen molar-refractivity contribution < 1.29 is 18.0 Å². The van der Waals surface area contributed by atoms with Gasteiger partial charge in [0.05, 0.1) is 17.8 Å². The minimum atomic E-state index is -4.42. The van der Waals surface area contributed by atoms with Gasteiger partial charge in [0.1, 0.15) is 5.69 Å². The number of anilines is 1. The summed E-state index contributed by atoms with van der Waals surface area (Å²) in [4.78, 5) is 19.2. The molecule has 1 aliphatic heterocycles. The first-order valence-corrected chi connectivity index (χ1v) is 9.17. The predicted molar refractivity (Wildman–Crippen MR) is 103 cm³/mol. The summed E-state index contributed by atoms with van der Waals surface area (Å²) in [7, 11) is 0. The number of alkyl halides is 3. The third kappa shape index (κ3) is 3.39. The van der Waals surface area contributed by atoms with Gasteiger partial charge in [-0.05, 0) is 62.7 Å². The van der Waals surface area contributed by atoms with Crippen molar-refractivity contribution in [3.8, 4) is 11.1 Å². The van der Waals surface area contributed by atoms with Gasteiger partial charge in [-0.15, -0.1) is 0 Å². The maximum atomic E-state index is 13.3. The highest BCUT2D eigenvalue weighted by Gasteiger charge is 2.35. The summed E-state index contributed by atoms with van der Waals surface area (Å²) in [5.41, 5.74) is 3.29. The zero-order chi connectivity index (χ0) is 20.9. The molecular weight excluding hydrogens is 381 g/mol. The molecule has 0 aliphatic carbocycles. The minimum absolute atomic E-state index is 0.122. The second kappa shape index (κ2) is 6.72. The molecule has 5 nitrogen and oxygen atoms in total. The Kier molecular flexibility index (Phi) is 4.44. The van der Waals surface area contributed by atoms with E-state index in [4.69, 9.17) is 0 Å². The zero-order valence-electron chi connectivity index (χ0n) is 16.2. The van der Waals surface area contributed by atoms with E-state index in [1.807, 2.05) is 32.9 Å². The fourth-order valence-corrected chi connectivity index (χ4v) is 3.72. The van der Waals surface area contributed by atoms with Crippen LogP contribution in [0.2, 0.25) is 0 Å². The van der Waals surface area contributed by atoms with E-state index in [2.05, 4.69) is 10.1 Å². The maximum Gasteiger partial charge on any atom is 0.416 e. The summed E-state index contributed by atoms with van der Waals surface area (Å²) >= 11 is 0. The molecule has 8 heteroatoms. The molecule has 150 valence electrons. The summed E-state index contributed by atoms with van der Waals surface area (Å²) < 4.78 is 40.3. The molecule has 1 atom stereocenters. The Morgan fingerprint density at radius 2 is 1.69 bits per heavy atom. The quantitative estimate of drug-likeness (QED) is 0.621. The van der Waals surface area contributed by atoms with Gasteiger partial charge in [0, 0.05) is 29.2 Å². The monoisotopic (exact) mass is 400 g/mol. The average molecular weight is 400 g/mol. The van der Waals surface area contributed by atoms with Gasteiger partial charge in [-0.2, -0.15) is 18.3 Å². The average Bonchev–Trinajstić information content (AvgIpc) is 3.09. The van der Waals surface area contributed by atoms with E-state index >= 15 is 0 Å². The van der Waals surface area contributed by atoms with Crippen LogP contribution in [0.15, 0.2) is 42.6 Å². The van der Waals surface area contributed by atoms with Gasteiger partial charge in [0.2, 0.25) is 0 Å². The lowest BCUT2D eigenvalue weighted by atomic mass is 10.0. The van der Waals surface area contributed by atoms with E-state index in [0.29, 0.717) is 23.5 Å². The van der Waals surface area contributed by atoms with E-state index in [9.17, 15) is 18.0 Å². The van der Waals surface area contributed by atoms with E-state index in [-0.39, 0.29) is 11.9 Å². The van der Waals surface area contributed by atoms with Crippen LogP contribution in [-0.4, -0.2) is 27.2 Å². The number of rotatable bonds is 2. The molecule has 0 fully saturated rings. The summed E-state index contributed by atoms with van der Waals surface area (Å²) in [6, 6.07) is 8.31. The Morgan fingerprint density at radius 1 is 1.07 bits per heavy atom. The third-order valence-electron chi connectivity index (χ3n) is 5.01. The molecule has 1 amide bonds. The number of fused-ring (bicyclic) bond motifs is 1. The molecule has 0 radical (unpaired) electrons. The smallest absolute Gasteiger partial charge is 0.305 e. The number of aryl methyl sites for hydroxylation is 2. The maximum absolute atomic E-state index is 13.3. The first-order chi connectivity index (χ1) is 13.6. The number of carbonyl (C=O) groups excluding carboxylic acids is 1. The lowest BCUT2D eigenvalue weighted by molar-refractivity contribution is -0.137. The summed E-state index contributed by atoms with van der Waals surface area (Å²) in [5, 5.41) is 4.40. The number of amides is 1. The number of halogens is 3. The number of nitrogens with zero attached hydrogens (tertiary/aromatic N) is 4. The van der Waals surface area contributed by atoms with Crippen molar-refractivity contribution in [3.63, 3.8) is 0 Å². The van der Waals surface area contributed by atoms with E-state index < -0.39 is 11.7 Å². The predicted octanol–water partition coefficient (Wildman–Crippen LogP) is 4.80. The molecule has 3 heterocycles. The van der Waals surface area contributed by atoms with Crippen molar-refractivity contribution in [2.45, 2.75) is 33.0 Å². The number of hydrogen-bond donors (Lipinski definition) is 0. The molecule has 29 heavy (non-hydrogen) atoms. The molecule has 2 aromatic heterocycles. The van der Waals surface area contributed by atoms with Gasteiger partial charge in [0.15, 0.2) is 0 Å². The fourth-order valence-electron chi connectivity index (χ4n) is 3.72. The highest BCUT2D eigenvalue weighted by Crippen LogP contribution is 2.35. The van der Waals surface area contributed by atoms with Gasteiger partial charge < -0.3 is 4.90 Å². The normalized spacial score (nSPS) is 16.8. The molecule has 0 unspecified atom stereocenters. The third-order valence-corrected chi connectivity index (χ3v) is 5.01. The Hall–Kier alpha value is -3.16. The van der Waals surface area contributed by atoms with Gasteiger partial charge in [-0.1, -0.05) is 0 Å². The van der Waals surface area contributed by atoms with Crippen LogP contribution in [0.5, 0.6) is 0 Å². The lowest BCUT2D eigenvalue weighted by Gasteiger charge is -2.32. The molecule has 1 aromatic carbocycles. The van der Waals surface area contributed by atoms with Crippen LogP contribution in [0.4, 0.5) is 18.9 Å². The van der Waals surface area contributed by atoms with Crippen molar-refractivity contribution in [3.05, 3.63) is 65.2 Å². The molecule has 0 bridgehead atoms. The van der Waals surface area contributed by atoms with Crippen molar-refractivity contribution >= 4 is 11.6 Å². The molecule has 0 saturated heterocycles. The Morgan fingerprint density at radius 3 is 2.28 bits per heavy atom. The van der Waals surface area contributed by atoms with Crippen molar-refractivity contribution in [1.82, 2.24) is 14.8 Å². The molecule has 0 spiro atoms. The first-order valence-electron chi connectivity index (χ1n) is 9.17. The Balaban J connectivity index is 1.76. The fraction of sp³-hybridized carbons (Fsp3) is 0.286. The molecule has 4 rings (SSSR count). The first kappa shape index (κ1) is 19.2. The topological polar surface area (TPSA) is 51.0 Å². The molecular formula is C21H19F3N4O. The number of carbonyl (C=O) groups is 1. The standard InChI is InChI=1S/C21H19F3N4O/c1-12-8-15(9-13(2)26-12)18-10-25-28-14(3)11-27(20(29)19(18)28)17-6-4-16(5-7-17)21(22,23)24/h4-10,14H,11H2,1-3H3/t14-/m0/s1. The highest BCUT2D eigenvalue weighted by molar-refractivity contribution is 6.09. The Labute approximate surface area is 165 Å². The van der Waals surface area contributed by atoms with Gasteiger partial charge in [-0.25, -0.2) is 0 Å². The van der Waals surface area contributed by atoms with Crippen LogP contribution in [-0.2, 0) is 6.18 Å². The van der Waals surface area contributed by atoms with Crippen molar-refractivity contribution in [2.24, 2.45) is 0 Å². The molecule has 3 aromatic rings. The van der Waals surface area contributed by atoms with Crippen LogP contribution in [0.25, 0.3) is 11.1 Å². The van der Waals surface area contributed by atoms with E-state index in [1.165, 1.54) is 17.0 Å². The van der Waals surface area contributed by atoms with Crippen molar-refractivity contribution in [2.75, 3.05) is 11.4 Å². The van der Waals surface area contributed by atoms with Gasteiger partial charge in [-0.3, -0.25) is 14.5 Å². The van der Waals surface area contributed by atoms with Crippen LogP contribution in [0.1, 0.15) is 40.4 Å². The minimum Gasteiger partial charge on any atom is -0.305 e. The zero-order valence-corrected chi connectivity index (χ0v) is 16.2. The van der Waals surface area contributed by atoms with Gasteiger partial charge in [0.25, 0.3) is 5.91 Å². The van der Waals surface area contributed by atoms with Crippen molar-refractivity contribution in [1.29, 1.82) is 0 Å². The van der Waals surface area contributed by atoms with E-state index in [1.54, 1.807) is 10.9 Å². The number of aromatic nitrogens is 3. The number of pyridine rings is 1. The van der Waals surface area contributed by atoms with E-state index in [0.717, 1.165) is 29.1 Å². The summed E-state index contributed by atoms with van der Waals surface area (Å²) in [6.45, 7) is 6.01. The second-order valence-corrected chi connectivity index (χ2v) is 7.30. The largest absolute Gasteiger partial charge is 0.416 e. The number of hydrogen-bond acceptors (Lipinski definition) is 3. The second-order valence-electron chi connectivity index (χ2n) is 7.30. The SMILES string of the molecule is Cc1cc(-c2cnn3c2C(=O)N(c2ccc(C(F)(F)F)cc2)C[C@@H]3C)cc(C)n1. The summed E-state index contributed by atoms with van der Waals surface area (Å²) in [5.74, 6) is -0.289.